The normalized spacial score (nSPS) is 11.5. The van der Waals surface area contributed by atoms with Crippen LogP contribution in [0.15, 0.2) is 30.3 Å². The van der Waals surface area contributed by atoms with Gasteiger partial charge in [0.2, 0.25) is 0 Å². The van der Waals surface area contributed by atoms with Gasteiger partial charge in [-0.05, 0) is 18.4 Å². The molecule has 4 heteroatoms. The van der Waals surface area contributed by atoms with E-state index in [1.165, 1.54) is 0 Å². The number of hydrogen-bond acceptors (Lipinski definition) is 2. The summed E-state index contributed by atoms with van der Waals surface area (Å²) in [5.41, 5.74) is 6.49. The molecule has 0 aliphatic rings. The van der Waals surface area contributed by atoms with Crippen LogP contribution in [0.1, 0.15) is 12.0 Å². The van der Waals surface area contributed by atoms with Crippen molar-refractivity contribution in [1.29, 1.82) is 0 Å². The fraction of sp³-hybridized carbons (Fsp3) is 0.300. The van der Waals surface area contributed by atoms with Crippen molar-refractivity contribution in [2.45, 2.75) is 18.9 Å². The topological polar surface area (TPSA) is 63.3 Å². The Balaban J connectivity index is 0.00000169. The molecule has 3 nitrogen and oxygen atoms in total. The Labute approximate surface area is 113 Å². The molecule has 0 bridgehead atoms. The first-order chi connectivity index (χ1) is 6.20. The number of benzene rings is 1. The molecule has 0 aliphatic carbocycles. The van der Waals surface area contributed by atoms with Crippen LogP contribution in [0.25, 0.3) is 0 Å². The molecule has 0 fully saturated rings. The second kappa shape index (κ2) is 7.23. The summed E-state index contributed by atoms with van der Waals surface area (Å²) in [6.07, 6.45) is 1.20. The van der Waals surface area contributed by atoms with E-state index in [1.54, 1.807) is 0 Å². The SMILES string of the molecule is NC(CCc1ccccc1)C(=O)O.[CaH2]. The Morgan fingerprint density at radius 2 is 1.93 bits per heavy atom. The van der Waals surface area contributed by atoms with Gasteiger partial charge in [0.05, 0.1) is 0 Å². The average Bonchev–Trinajstić information content (AvgIpc) is 2.15. The summed E-state index contributed by atoms with van der Waals surface area (Å²) in [6.45, 7) is 0. The van der Waals surface area contributed by atoms with Crippen LogP contribution in [0.4, 0.5) is 0 Å². The summed E-state index contributed by atoms with van der Waals surface area (Å²) >= 11 is 0. The number of aliphatic carboxylic acids is 1. The fourth-order valence-electron chi connectivity index (χ4n) is 1.09. The van der Waals surface area contributed by atoms with Crippen LogP contribution >= 0.6 is 0 Å². The monoisotopic (exact) mass is 221 g/mol. The molecule has 0 saturated heterocycles. The summed E-state index contributed by atoms with van der Waals surface area (Å²) < 4.78 is 0. The van der Waals surface area contributed by atoms with Crippen molar-refractivity contribution < 1.29 is 9.90 Å². The molecule has 1 atom stereocenters. The molecule has 14 heavy (non-hydrogen) atoms. The van der Waals surface area contributed by atoms with E-state index in [0.29, 0.717) is 12.8 Å². The zero-order chi connectivity index (χ0) is 9.68. The van der Waals surface area contributed by atoms with Crippen LogP contribution in [0.3, 0.4) is 0 Å². The van der Waals surface area contributed by atoms with Gasteiger partial charge in [-0.2, -0.15) is 0 Å². The molecule has 0 aliphatic heterocycles. The Hall–Kier alpha value is -0.0903. The standard InChI is InChI=1S/C10H13NO2.Ca.2H/c11-9(10(12)13)7-6-8-4-2-1-3-5-8;;;/h1-5,9H,6-7,11H2,(H,12,13);;;. The summed E-state index contributed by atoms with van der Waals surface area (Å²) in [5.74, 6) is -0.934. The van der Waals surface area contributed by atoms with Gasteiger partial charge in [-0.15, -0.1) is 0 Å². The van der Waals surface area contributed by atoms with E-state index < -0.39 is 12.0 Å². The van der Waals surface area contributed by atoms with Crippen LogP contribution in [0, 0.1) is 0 Å². The molecule has 1 aromatic carbocycles. The Morgan fingerprint density at radius 3 is 2.43 bits per heavy atom. The van der Waals surface area contributed by atoms with Crippen LogP contribution in [0.2, 0.25) is 0 Å². The molecule has 1 rings (SSSR count). The molecule has 1 aromatic rings. The third-order valence-electron chi connectivity index (χ3n) is 1.90. The summed E-state index contributed by atoms with van der Waals surface area (Å²) in [5, 5.41) is 8.54. The van der Waals surface area contributed by atoms with Gasteiger partial charge in [-0.25, -0.2) is 0 Å². The number of hydrogen-bond donors (Lipinski definition) is 2. The van der Waals surface area contributed by atoms with Crippen LogP contribution in [0.5, 0.6) is 0 Å². The summed E-state index contributed by atoms with van der Waals surface area (Å²) in [6, 6.07) is 8.98. The quantitative estimate of drug-likeness (QED) is 0.710. The van der Waals surface area contributed by atoms with Gasteiger partial charge in [-0.1, -0.05) is 30.3 Å². The van der Waals surface area contributed by atoms with E-state index in [2.05, 4.69) is 0 Å². The van der Waals surface area contributed by atoms with Crippen molar-refractivity contribution in [3.63, 3.8) is 0 Å². The molecular weight excluding hydrogens is 206 g/mol. The summed E-state index contributed by atoms with van der Waals surface area (Å²) in [7, 11) is 0. The third kappa shape index (κ3) is 4.96. The first kappa shape index (κ1) is 13.9. The molecule has 0 aromatic heterocycles. The Bertz CT molecular complexity index is 277. The number of carbonyl (C=O) groups is 1. The first-order valence-electron chi connectivity index (χ1n) is 4.22. The average molecular weight is 221 g/mol. The number of aryl methyl sites for hydroxylation is 1. The zero-order valence-electron chi connectivity index (χ0n) is 7.31. The maximum absolute atomic E-state index is 10.4. The minimum absolute atomic E-state index is 0. The maximum atomic E-state index is 10.4. The predicted molar refractivity (Wildman–Crippen MR) is 58.9 cm³/mol. The van der Waals surface area contributed by atoms with Crippen LogP contribution in [-0.4, -0.2) is 54.9 Å². The number of rotatable bonds is 4. The van der Waals surface area contributed by atoms with Gasteiger partial charge in [0.25, 0.3) is 0 Å². The van der Waals surface area contributed by atoms with E-state index in [0.717, 1.165) is 5.56 Å². The number of carboxylic acid groups (broad SMARTS) is 1. The Morgan fingerprint density at radius 1 is 1.36 bits per heavy atom. The molecule has 1 unspecified atom stereocenters. The van der Waals surface area contributed by atoms with Crippen molar-refractivity contribution in [3.8, 4) is 0 Å². The second-order valence-electron chi connectivity index (χ2n) is 2.97. The molecule has 0 heterocycles. The second-order valence-corrected chi connectivity index (χ2v) is 2.97. The van der Waals surface area contributed by atoms with Crippen molar-refractivity contribution in [2.75, 3.05) is 0 Å². The van der Waals surface area contributed by atoms with E-state index in [-0.39, 0.29) is 37.7 Å². The zero-order valence-corrected chi connectivity index (χ0v) is 7.31. The molecular formula is C10H15CaNO2. The van der Waals surface area contributed by atoms with E-state index >= 15 is 0 Å². The van der Waals surface area contributed by atoms with Crippen molar-refractivity contribution in [2.24, 2.45) is 5.73 Å². The predicted octanol–water partition coefficient (Wildman–Crippen LogP) is 0.115. The molecule has 0 amide bonds. The van der Waals surface area contributed by atoms with Crippen molar-refractivity contribution >= 4 is 43.7 Å². The molecule has 0 saturated carbocycles. The minimum atomic E-state index is -0.934. The summed E-state index contributed by atoms with van der Waals surface area (Å²) in [4.78, 5) is 10.4. The van der Waals surface area contributed by atoms with Gasteiger partial charge >= 0.3 is 43.7 Å². The fourth-order valence-corrected chi connectivity index (χ4v) is 1.09. The van der Waals surface area contributed by atoms with Crippen molar-refractivity contribution in [1.82, 2.24) is 0 Å². The van der Waals surface area contributed by atoms with E-state index in [9.17, 15) is 4.79 Å². The van der Waals surface area contributed by atoms with Gasteiger partial charge in [0, 0.05) is 0 Å². The molecule has 3 N–H and O–H groups in total. The number of nitrogens with two attached hydrogens (primary N) is 1. The first-order valence-corrected chi connectivity index (χ1v) is 4.22. The van der Waals surface area contributed by atoms with Gasteiger partial charge < -0.3 is 10.8 Å². The molecule has 74 valence electrons. The molecule has 0 radical (unpaired) electrons. The van der Waals surface area contributed by atoms with Crippen LogP contribution < -0.4 is 5.73 Å². The Kier molecular flexibility index (Phi) is 7.19. The van der Waals surface area contributed by atoms with Crippen molar-refractivity contribution in [3.05, 3.63) is 35.9 Å². The van der Waals surface area contributed by atoms with Crippen LogP contribution in [-0.2, 0) is 11.2 Å². The van der Waals surface area contributed by atoms with Gasteiger partial charge in [0.1, 0.15) is 6.04 Å². The van der Waals surface area contributed by atoms with E-state index in [4.69, 9.17) is 10.8 Å². The number of carboxylic acids is 1. The third-order valence-corrected chi connectivity index (χ3v) is 1.90. The van der Waals surface area contributed by atoms with E-state index in [1.807, 2.05) is 30.3 Å². The van der Waals surface area contributed by atoms with Gasteiger partial charge in [-0.3, -0.25) is 4.79 Å². The van der Waals surface area contributed by atoms with Gasteiger partial charge in [0.15, 0.2) is 0 Å². The molecule has 0 spiro atoms.